The summed E-state index contributed by atoms with van der Waals surface area (Å²) in [6.45, 7) is 4.53. The number of nitrogens with one attached hydrogen (secondary N) is 1. The molecule has 0 aliphatic heterocycles. The third-order valence-electron chi connectivity index (χ3n) is 4.44. The minimum atomic E-state index is 0.459. The lowest BCUT2D eigenvalue weighted by molar-refractivity contribution is 0.299. The van der Waals surface area contributed by atoms with Gasteiger partial charge in [-0.25, -0.2) is 4.98 Å². The van der Waals surface area contributed by atoms with E-state index in [0.717, 1.165) is 45.2 Å². The average molecular weight is 355 g/mol. The topological polar surface area (TPSA) is 50.8 Å². The zero-order chi connectivity index (χ0) is 18.6. The molecule has 4 heteroatoms. The molecule has 0 fully saturated rings. The van der Waals surface area contributed by atoms with Crippen molar-refractivity contribution in [3.8, 4) is 28.4 Å². The van der Waals surface area contributed by atoms with E-state index in [2.05, 4.69) is 16.0 Å². The molecule has 0 spiro atoms. The van der Waals surface area contributed by atoms with Crippen molar-refractivity contribution in [2.24, 2.45) is 0 Å². The Morgan fingerprint density at radius 2 is 1.78 bits per heavy atom. The highest BCUT2D eigenvalue weighted by Gasteiger charge is 2.08. The summed E-state index contributed by atoms with van der Waals surface area (Å²) < 4.78 is 5.94. The first-order valence-corrected chi connectivity index (χ1v) is 8.95. The highest BCUT2D eigenvalue weighted by Crippen LogP contribution is 2.27. The molecule has 2 heterocycles. The summed E-state index contributed by atoms with van der Waals surface area (Å²) in [4.78, 5) is 12.4. The van der Waals surface area contributed by atoms with E-state index in [1.54, 1.807) is 0 Å². The highest BCUT2D eigenvalue weighted by molar-refractivity contribution is 5.65. The number of benzene rings is 2. The van der Waals surface area contributed by atoms with Crippen molar-refractivity contribution >= 4 is 0 Å². The Morgan fingerprint density at radius 1 is 0.926 bits per heavy atom. The number of nitrogens with zero attached hydrogens (tertiary/aromatic N) is 2. The Morgan fingerprint density at radius 3 is 2.52 bits per heavy atom. The molecule has 0 saturated heterocycles. The first-order chi connectivity index (χ1) is 13.2. The number of H-pyrrole nitrogens is 1. The van der Waals surface area contributed by atoms with Crippen molar-refractivity contribution < 1.29 is 4.74 Å². The number of pyridine rings is 1. The highest BCUT2D eigenvalue weighted by atomic mass is 16.5. The number of hydrogen-bond acceptors (Lipinski definition) is 3. The number of aryl methyl sites for hydroxylation is 2. The van der Waals surface area contributed by atoms with Gasteiger partial charge in [-0.3, -0.25) is 4.98 Å². The molecule has 0 aliphatic carbocycles. The summed E-state index contributed by atoms with van der Waals surface area (Å²) >= 11 is 0. The van der Waals surface area contributed by atoms with Crippen LogP contribution in [0.2, 0.25) is 0 Å². The lowest BCUT2D eigenvalue weighted by atomic mass is 10.1. The molecule has 4 nitrogen and oxygen atoms in total. The number of ether oxygens (including phenoxy) is 1. The Balaban J connectivity index is 1.50. The van der Waals surface area contributed by atoms with E-state index >= 15 is 0 Å². The fourth-order valence-electron chi connectivity index (χ4n) is 2.92. The number of rotatable bonds is 5. The lowest BCUT2D eigenvalue weighted by Gasteiger charge is -2.10. The molecule has 4 rings (SSSR count). The molecule has 0 amide bonds. The van der Waals surface area contributed by atoms with E-state index < -0.39 is 0 Å². The van der Waals surface area contributed by atoms with Gasteiger partial charge in [0.05, 0.1) is 11.4 Å². The molecule has 0 atom stereocenters. The summed E-state index contributed by atoms with van der Waals surface area (Å²) in [7, 11) is 0. The fourth-order valence-corrected chi connectivity index (χ4v) is 2.92. The number of imidazole rings is 1. The molecular weight excluding hydrogens is 334 g/mol. The SMILES string of the molecule is Cc1ccc(COc2ccc(-c3c[nH]c(-c4ccccc4)n3)cc2C)nc1. The molecule has 2 aromatic heterocycles. The summed E-state index contributed by atoms with van der Waals surface area (Å²) in [5.41, 5.74) is 6.20. The van der Waals surface area contributed by atoms with E-state index in [-0.39, 0.29) is 0 Å². The molecular formula is C23H21N3O. The van der Waals surface area contributed by atoms with Crippen molar-refractivity contribution in [2.45, 2.75) is 20.5 Å². The van der Waals surface area contributed by atoms with Crippen molar-refractivity contribution in [2.75, 3.05) is 0 Å². The summed E-state index contributed by atoms with van der Waals surface area (Å²) in [6.07, 6.45) is 3.80. The second-order valence-electron chi connectivity index (χ2n) is 6.60. The van der Waals surface area contributed by atoms with Crippen LogP contribution in [0.4, 0.5) is 0 Å². The fraction of sp³-hybridized carbons (Fsp3) is 0.130. The van der Waals surface area contributed by atoms with Gasteiger partial charge in [0.2, 0.25) is 0 Å². The van der Waals surface area contributed by atoms with Crippen molar-refractivity contribution in [3.05, 3.63) is 89.9 Å². The van der Waals surface area contributed by atoms with Crippen LogP contribution >= 0.6 is 0 Å². The van der Waals surface area contributed by atoms with E-state index in [1.807, 2.05) is 80.8 Å². The summed E-state index contributed by atoms with van der Waals surface area (Å²) in [6, 6.07) is 20.3. The van der Waals surface area contributed by atoms with Gasteiger partial charge in [0.15, 0.2) is 0 Å². The predicted molar refractivity (Wildman–Crippen MR) is 108 cm³/mol. The minimum Gasteiger partial charge on any atom is -0.487 e. The maximum absolute atomic E-state index is 5.94. The van der Waals surface area contributed by atoms with Gasteiger partial charge in [-0.1, -0.05) is 36.4 Å². The van der Waals surface area contributed by atoms with Gasteiger partial charge in [0.25, 0.3) is 0 Å². The second-order valence-corrected chi connectivity index (χ2v) is 6.60. The van der Waals surface area contributed by atoms with Gasteiger partial charge in [0, 0.05) is 23.5 Å². The molecule has 0 unspecified atom stereocenters. The van der Waals surface area contributed by atoms with E-state index in [4.69, 9.17) is 9.72 Å². The van der Waals surface area contributed by atoms with Crippen molar-refractivity contribution in [3.63, 3.8) is 0 Å². The molecule has 0 saturated carbocycles. The van der Waals surface area contributed by atoms with Gasteiger partial charge < -0.3 is 9.72 Å². The van der Waals surface area contributed by atoms with Gasteiger partial charge in [-0.15, -0.1) is 0 Å². The molecule has 1 N–H and O–H groups in total. The van der Waals surface area contributed by atoms with Crippen molar-refractivity contribution in [1.29, 1.82) is 0 Å². The Hall–Kier alpha value is -3.40. The average Bonchev–Trinajstić information content (AvgIpc) is 3.19. The Kier molecular flexibility index (Phi) is 4.71. The molecule has 0 radical (unpaired) electrons. The molecule has 4 aromatic rings. The molecule has 27 heavy (non-hydrogen) atoms. The van der Waals surface area contributed by atoms with Gasteiger partial charge in [-0.05, 0) is 49.2 Å². The monoisotopic (exact) mass is 355 g/mol. The molecule has 0 aliphatic rings. The normalized spacial score (nSPS) is 10.7. The standard InChI is InChI=1S/C23H21N3O/c1-16-8-10-20(24-13-16)15-27-22-11-9-19(12-17(22)2)21-14-25-23(26-21)18-6-4-3-5-7-18/h3-14H,15H2,1-2H3,(H,25,26). The maximum atomic E-state index is 5.94. The van der Waals surface area contributed by atoms with Crippen LogP contribution in [0.3, 0.4) is 0 Å². The van der Waals surface area contributed by atoms with Gasteiger partial charge in [-0.2, -0.15) is 0 Å². The number of aromatic nitrogens is 3. The molecule has 2 aromatic carbocycles. The van der Waals surface area contributed by atoms with Crippen LogP contribution < -0.4 is 4.74 Å². The largest absolute Gasteiger partial charge is 0.487 e. The van der Waals surface area contributed by atoms with Crippen LogP contribution in [0.25, 0.3) is 22.6 Å². The summed E-state index contributed by atoms with van der Waals surface area (Å²) in [5.74, 6) is 1.73. The van der Waals surface area contributed by atoms with Crippen LogP contribution in [0.15, 0.2) is 73.1 Å². The lowest BCUT2D eigenvalue weighted by Crippen LogP contribution is -1.99. The third kappa shape index (κ3) is 3.90. The number of hydrogen-bond donors (Lipinski definition) is 1. The first-order valence-electron chi connectivity index (χ1n) is 8.95. The van der Waals surface area contributed by atoms with Crippen LogP contribution in [0, 0.1) is 13.8 Å². The third-order valence-corrected chi connectivity index (χ3v) is 4.44. The maximum Gasteiger partial charge on any atom is 0.138 e. The van der Waals surface area contributed by atoms with E-state index in [0.29, 0.717) is 6.61 Å². The van der Waals surface area contributed by atoms with Crippen LogP contribution in [-0.2, 0) is 6.61 Å². The Bertz CT molecular complexity index is 1040. The van der Waals surface area contributed by atoms with E-state index in [1.165, 1.54) is 0 Å². The second kappa shape index (κ2) is 7.46. The molecule has 134 valence electrons. The van der Waals surface area contributed by atoms with E-state index in [9.17, 15) is 0 Å². The van der Waals surface area contributed by atoms with Crippen LogP contribution in [-0.4, -0.2) is 15.0 Å². The molecule has 0 bridgehead atoms. The predicted octanol–water partition coefficient (Wildman–Crippen LogP) is 5.33. The van der Waals surface area contributed by atoms with Gasteiger partial charge in [0.1, 0.15) is 18.2 Å². The smallest absolute Gasteiger partial charge is 0.138 e. The van der Waals surface area contributed by atoms with Crippen molar-refractivity contribution in [1.82, 2.24) is 15.0 Å². The van der Waals surface area contributed by atoms with Gasteiger partial charge >= 0.3 is 0 Å². The quantitative estimate of drug-likeness (QED) is 0.526. The zero-order valence-electron chi connectivity index (χ0n) is 15.4. The zero-order valence-corrected chi connectivity index (χ0v) is 15.4. The Labute approximate surface area is 158 Å². The van der Waals surface area contributed by atoms with Crippen LogP contribution in [0.5, 0.6) is 5.75 Å². The number of aromatic amines is 1. The minimum absolute atomic E-state index is 0.459. The van der Waals surface area contributed by atoms with Crippen LogP contribution in [0.1, 0.15) is 16.8 Å². The summed E-state index contributed by atoms with van der Waals surface area (Å²) in [5, 5.41) is 0. The first kappa shape index (κ1) is 17.0.